The molecular weight excluding hydrogens is 468 g/mol. The second kappa shape index (κ2) is 12.3. The highest BCUT2D eigenvalue weighted by molar-refractivity contribution is 5.70. The Morgan fingerprint density at radius 3 is 2.03 bits per heavy atom. The first-order valence-corrected chi connectivity index (χ1v) is 14.1. The highest BCUT2D eigenvalue weighted by Crippen LogP contribution is 2.41. The zero-order valence-electron chi connectivity index (χ0n) is 24.4. The largest absolute Gasteiger partial charge is 0.481 e. The van der Waals surface area contributed by atoms with Crippen molar-refractivity contribution >= 4 is 5.97 Å². The molecular formula is C35H46O3. The SMILES string of the molecule is CCC(CC)(c1ccc(CCC(O)C(C)(C)C)c(C)c1)c1ccc(-c2cccc(CCC(=O)O)c2)c(C)c1. The van der Waals surface area contributed by atoms with E-state index in [1.54, 1.807) is 0 Å². The van der Waals surface area contributed by atoms with Gasteiger partial charge in [0.1, 0.15) is 0 Å². The number of carboxylic acid groups (broad SMARTS) is 1. The summed E-state index contributed by atoms with van der Waals surface area (Å²) >= 11 is 0. The van der Waals surface area contributed by atoms with Gasteiger partial charge in [-0.05, 0) is 95.9 Å². The maximum absolute atomic E-state index is 11.0. The molecule has 204 valence electrons. The normalized spacial score (nSPS) is 12.9. The van der Waals surface area contributed by atoms with Gasteiger partial charge >= 0.3 is 5.97 Å². The number of carbonyl (C=O) groups is 1. The lowest BCUT2D eigenvalue weighted by atomic mass is 9.69. The monoisotopic (exact) mass is 514 g/mol. The molecule has 3 aromatic rings. The lowest BCUT2D eigenvalue weighted by Gasteiger charge is -2.34. The summed E-state index contributed by atoms with van der Waals surface area (Å²) in [4.78, 5) is 11.0. The number of aliphatic hydroxyl groups is 1. The van der Waals surface area contributed by atoms with Crippen LogP contribution in [-0.4, -0.2) is 22.3 Å². The van der Waals surface area contributed by atoms with Crippen LogP contribution in [-0.2, 0) is 23.1 Å². The second-order valence-electron chi connectivity index (χ2n) is 12.0. The third kappa shape index (κ3) is 6.74. The average molecular weight is 515 g/mol. The molecule has 3 nitrogen and oxygen atoms in total. The van der Waals surface area contributed by atoms with E-state index in [-0.39, 0.29) is 23.4 Å². The number of rotatable bonds is 11. The van der Waals surface area contributed by atoms with Crippen LogP contribution < -0.4 is 0 Å². The molecule has 0 amide bonds. The zero-order valence-corrected chi connectivity index (χ0v) is 24.4. The molecule has 0 spiro atoms. The molecule has 0 aliphatic heterocycles. The van der Waals surface area contributed by atoms with Gasteiger partial charge in [0.2, 0.25) is 0 Å². The van der Waals surface area contributed by atoms with E-state index in [0.717, 1.165) is 36.8 Å². The van der Waals surface area contributed by atoms with Crippen LogP contribution in [0.25, 0.3) is 11.1 Å². The first-order valence-electron chi connectivity index (χ1n) is 14.1. The molecule has 0 radical (unpaired) electrons. The maximum Gasteiger partial charge on any atom is 0.303 e. The Balaban J connectivity index is 1.91. The molecule has 1 unspecified atom stereocenters. The van der Waals surface area contributed by atoms with Crippen LogP contribution in [0.2, 0.25) is 0 Å². The minimum Gasteiger partial charge on any atom is -0.481 e. The summed E-state index contributed by atoms with van der Waals surface area (Å²) in [6, 6.07) is 22.0. The van der Waals surface area contributed by atoms with Crippen LogP contribution in [0.1, 0.15) is 93.7 Å². The summed E-state index contributed by atoms with van der Waals surface area (Å²) in [5.74, 6) is -0.767. The summed E-state index contributed by atoms with van der Waals surface area (Å²) in [6.45, 7) is 15.2. The van der Waals surface area contributed by atoms with E-state index < -0.39 is 5.97 Å². The van der Waals surface area contributed by atoms with Gasteiger partial charge in [-0.3, -0.25) is 4.79 Å². The number of aliphatic hydroxyl groups excluding tert-OH is 1. The van der Waals surface area contributed by atoms with Crippen molar-refractivity contribution < 1.29 is 15.0 Å². The molecule has 3 rings (SSSR count). The van der Waals surface area contributed by atoms with Crippen LogP contribution >= 0.6 is 0 Å². The van der Waals surface area contributed by atoms with E-state index in [9.17, 15) is 9.90 Å². The number of aliphatic carboxylic acids is 1. The number of carboxylic acids is 1. The summed E-state index contributed by atoms with van der Waals surface area (Å²) in [5, 5.41) is 19.6. The summed E-state index contributed by atoms with van der Waals surface area (Å²) in [6.07, 6.45) is 4.05. The van der Waals surface area contributed by atoms with Crippen molar-refractivity contribution in [1.82, 2.24) is 0 Å². The van der Waals surface area contributed by atoms with Crippen molar-refractivity contribution in [3.63, 3.8) is 0 Å². The van der Waals surface area contributed by atoms with E-state index in [0.29, 0.717) is 6.42 Å². The zero-order chi connectivity index (χ0) is 28.1. The summed E-state index contributed by atoms with van der Waals surface area (Å²) < 4.78 is 0. The molecule has 0 saturated carbocycles. The number of hydrogen-bond acceptors (Lipinski definition) is 2. The molecule has 2 N–H and O–H groups in total. The van der Waals surface area contributed by atoms with Gasteiger partial charge in [0, 0.05) is 11.8 Å². The Kier molecular flexibility index (Phi) is 9.59. The van der Waals surface area contributed by atoms with E-state index in [2.05, 4.69) is 97.0 Å². The maximum atomic E-state index is 11.0. The second-order valence-corrected chi connectivity index (χ2v) is 12.0. The third-order valence-corrected chi connectivity index (χ3v) is 8.43. The summed E-state index contributed by atoms with van der Waals surface area (Å²) in [5.41, 5.74) is 9.73. The lowest BCUT2D eigenvalue weighted by Crippen LogP contribution is -2.27. The minimum absolute atomic E-state index is 0.0686. The molecule has 0 saturated heterocycles. The van der Waals surface area contributed by atoms with Crippen molar-refractivity contribution in [2.75, 3.05) is 0 Å². The fraction of sp³-hybridized carbons (Fsp3) is 0.457. The number of aryl methyl sites for hydroxylation is 4. The molecule has 0 aliphatic rings. The Hall–Kier alpha value is -2.91. The average Bonchev–Trinajstić information content (AvgIpc) is 2.87. The molecule has 0 fully saturated rings. The first kappa shape index (κ1) is 29.6. The van der Waals surface area contributed by atoms with E-state index >= 15 is 0 Å². The van der Waals surface area contributed by atoms with Crippen molar-refractivity contribution in [3.8, 4) is 11.1 Å². The molecule has 0 aromatic heterocycles. The van der Waals surface area contributed by atoms with Crippen molar-refractivity contribution in [2.24, 2.45) is 5.41 Å². The van der Waals surface area contributed by atoms with Crippen LogP contribution in [0.5, 0.6) is 0 Å². The third-order valence-electron chi connectivity index (χ3n) is 8.43. The highest BCUT2D eigenvalue weighted by Gasteiger charge is 2.31. The topological polar surface area (TPSA) is 57.5 Å². The predicted molar refractivity (Wildman–Crippen MR) is 159 cm³/mol. The van der Waals surface area contributed by atoms with Crippen LogP contribution in [0.3, 0.4) is 0 Å². The lowest BCUT2D eigenvalue weighted by molar-refractivity contribution is -0.136. The van der Waals surface area contributed by atoms with Gasteiger partial charge in [-0.25, -0.2) is 0 Å². The Morgan fingerprint density at radius 2 is 1.47 bits per heavy atom. The predicted octanol–water partition coefficient (Wildman–Crippen LogP) is 8.43. The molecule has 38 heavy (non-hydrogen) atoms. The molecule has 0 heterocycles. The Labute approximate surface area is 229 Å². The van der Waals surface area contributed by atoms with Crippen molar-refractivity contribution in [1.29, 1.82) is 0 Å². The van der Waals surface area contributed by atoms with E-state index in [4.69, 9.17) is 5.11 Å². The van der Waals surface area contributed by atoms with Gasteiger partial charge < -0.3 is 10.2 Å². The molecule has 3 aromatic carbocycles. The smallest absolute Gasteiger partial charge is 0.303 e. The number of benzene rings is 3. The van der Waals surface area contributed by atoms with Crippen molar-refractivity contribution in [3.05, 3.63) is 94.0 Å². The van der Waals surface area contributed by atoms with Gasteiger partial charge in [-0.1, -0.05) is 95.3 Å². The van der Waals surface area contributed by atoms with Crippen LogP contribution in [0.4, 0.5) is 0 Å². The van der Waals surface area contributed by atoms with Gasteiger partial charge in [-0.2, -0.15) is 0 Å². The molecule has 0 bridgehead atoms. The Bertz CT molecular complexity index is 1240. The van der Waals surface area contributed by atoms with Gasteiger partial charge in [0.05, 0.1) is 6.10 Å². The van der Waals surface area contributed by atoms with Gasteiger partial charge in [0.25, 0.3) is 0 Å². The molecule has 1 atom stereocenters. The fourth-order valence-corrected chi connectivity index (χ4v) is 5.66. The quantitative estimate of drug-likeness (QED) is 0.270. The van der Waals surface area contributed by atoms with E-state index in [1.807, 2.05) is 12.1 Å². The van der Waals surface area contributed by atoms with Crippen molar-refractivity contribution in [2.45, 2.75) is 98.5 Å². The standard InChI is InChI=1S/C35H46O3/c1-8-35(9-2,29-16-14-27(24(3)21-29)15-19-32(36)34(5,6)7)30-17-18-31(25(4)22-30)28-12-10-11-26(23-28)13-20-33(37)38/h10-12,14,16-18,21-23,32,36H,8-9,13,15,19-20H2,1-7H3,(H,37,38). The first-order chi connectivity index (χ1) is 17.9. The Morgan fingerprint density at radius 1 is 0.842 bits per heavy atom. The van der Waals surface area contributed by atoms with Gasteiger partial charge in [0.15, 0.2) is 0 Å². The minimum atomic E-state index is -0.767. The number of hydrogen-bond donors (Lipinski definition) is 2. The summed E-state index contributed by atoms with van der Waals surface area (Å²) in [7, 11) is 0. The fourth-order valence-electron chi connectivity index (χ4n) is 5.66. The molecule has 0 aliphatic carbocycles. The van der Waals surface area contributed by atoms with Crippen LogP contribution in [0.15, 0.2) is 60.7 Å². The van der Waals surface area contributed by atoms with E-state index in [1.165, 1.54) is 33.4 Å². The molecule has 3 heteroatoms. The highest BCUT2D eigenvalue weighted by atomic mass is 16.4. The van der Waals surface area contributed by atoms with Crippen LogP contribution in [0, 0.1) is 19.3 Å². The van der Waals surface area contributed by atoms with Gasteiger partial charge in [-0.15, -0.1) is 0 Å².